The highest BCUT2D eigenvalue weighted by molar-refractivity contribution is 9.10. The Labute approximate surface area is 85.5 Å². The molecule has 0 bridgehead atoms. The van der Waals surface area contributed by atoms with Gasteiger partial charge in [0.2, 0.25) is 5.43 Å². The first kappa shape index (κ1) is 9.01. The monoisotopic (exact) mass is 257 g/mol. The first-order chi connectivity index (χ1) is 6.59. The number of carbonyl (C=O) groups is 1. The molecule has 0 fully saturated rings. The van der Waals surface area contributed by atoms with Crippen molar-refractivity contribution in [1.29, 1.82) is 0 Å². The van der Waals surface area contributed by atoms with Crippen LogP contribution in [0.25, 0.3) is 11.1 Å². The van der Waals surface area contributed by atoms with Gasteiger partial charge in [0.1, 0.15) is 5.56 Å². The van der Waals surface area contributed by atoms with E-state index in [0.717, 1.165) is 6.20 Å². The van der Waals surface area contributed by atoms with Crippen LogP contribution in [-0.4, -0.2) is 16.1 Å². The molecule has 14 heavy (non-hydrogen) atoms. The zero-order chi connectivity index (χ0) is 10.3. The van der Waals surface area contributed by atoms with Gasteiger partial charge in [0, 0.05) is 12.3 Å². The molecule has 0 unspecified atom stereocenters. The number of carboxylic acid groups (broad SMARTS) is 1. The summed E-state index contributed by atoms with van der Waals surface area (Å²) in [4.78, 5) is 24.7. The van der Waals surface area contributed by atoms with E-state index in [0.29, 0.717) is 10.2 Å². The summed E-state index contributed by atoms with van der Waals surface area (Å²) in [5.74, 6) is -1.28. The highest BCUT2D eigenvalue weighted by atomic mass is 79.9. The molecule has 2 aromatic rings. The van der Waals surface area contributed by atoms with E-state index in [2.05, 4.69) is 20.9 Å². The quantitative estimate of drug-likeness (QED) is 0.813. The molecule has 2 rings (SSSR count). The molecule has 0 aliphatic carbocycles. The van der Waals surface area contributed by atoms with Crippen molar-refractivity contribution in [1.82, 2.24) is 4.98 Å². The molecule has 6 heteroatoms. The van der Waals surface area contributed by atoms with Crippen LogP contribution in [0.1, 0.15) is 10.4 Å². The van der Waals surface area contributed by atoms with Crippen LogP contribution in [0, 0.1) is 0 Å². The summed E-state index contributed by atoms with van der Waals surface area (Å²) in [6.45, 7) is 0. The second kappa shape index (κ2) is 2.98. The predicted octanol–water partition coefficient (Wildman–Crippen LogP) is 1.58. The topological polar surface area (TPSA) is 83.3 Å². The third kappa shape index (κ3) is 1.24. The molecule has 2 heterocycles. The lowest BCUT2D eigenvalue weighted by Crippen LogP contribution is -2.14. The van der Waals surface area contributed by atoms with Crippen LogP contribution in [0.2, 0.25) is 0 Å². The number of aromatic amines is 1. The SMILES string of the molecule is O=C(O)c1c[nH]c2cc(Br)oc2c1=O. The van der Waals surface area contributed by atoms with Gasteiger partial charge in [-0.25, -0.2) is 4.79 Å². The van der Waals surface area contributed by atoms with E-state index in [1.54, 1.807) is 6.07 Å². The number of nitrogens with one attached hydrogen (secondary N) is 1. The smallest absolute Gasteiger partial charge is 0.341 e. The molecule has 0 aromatic carbocycles. The predicted molar refractivity (Wildman–Crippen MR) is 51.5 cm³/mol. The Balaban J connectivity index is 2.88. The molecule has 0 aliphatic heterocycles. The summed E-state index contributed by atoms with van der Waals surface area (Å²) in [6, 6.07) is 1.56. The minimum atomic E-state index is -1.28. The fraction of sp³-hybridized carbons (Fsp3) is 0. The van der Waals surface area contributed by atoms with E-state index in [1.807, 2.05) is 0 Å². The van der Waals surface area contributed by atoms with Gasteiger partial charge in [0.15, 0.2) is 10.3 Å². The van der Waals surface area contributed by atoms with Crippen molar-refractivity contribution in [3.05, 3.63) is 32.7 Å². The molecule has 0 atom stereocenters. The van der Waals surface area contributed by atoms with Gasteiger partial charge >= 0.3 is 5.97 Å². The number of furan rings is 1. The van der Waals surface area contributed by atoms with Gasteiger partial charge in [-0.15, -0.1) is 0 Å². The van der Waals surface area contributed by atoms with Gasteiger partial charge < -0.3 is 14.5 Å². The largest absolute Gasteiger partial charge is 0.477 e. The second-order valence-corrected chi connectivity index (χ2v) is 3.41. The van der Waals surface area contributed by atoms with Crippen molar-refractivity contribution in [2.24, 2.45) is 0 Å². The minimum absolute atomic E-state index is 0.0109. The van der Waals surface area contributed by atoms with E-state index in [1.165, 1.54) is 0 Å². The first-order valence-electron chi connectivity index (χ1n) is 3.63. The number of hydrogen-bond acceptors (Lipinski definition) is 3. The summed E-state index contributed by atoms with van der Waals surface area (Å²) < 4.78 is 5.38. The molecule has 0 saturated carbocycles. The van der Waals surface area contributed by atoms with Gasteiger partial charge in [0.05, 0.1) is 5.52 Å². The molecule has 2 aromatic heterocycles. The number of halogens is 1. The number of rotatable bonds is 1. The summed E-state index contributed by atoms with van der Waals surface area (Å²) in [6.07, 6.45) is 1.15. The third-order valence-electron chi connectivity index (χ3n) is 1.76. The fourth-order valence-electron chi connectivity index (χ4n) is 1.13. The average Bonchev–Trinajstić information content (AvgIpc) is 2.46. The molecular weight excluding hydrogens is 254 g/mol. The van der Waals surface area contributed by atoms with E-state index in [-0.39, 0.29) is 11.1 Å². The van der Waals surface area contributed by atoms with Crippen molar-refractivity contribution < 1.29 is 14.3 Å². The zero-order valence-corrected chi connectivity index (χ0v) is 8.29. The number of hydrogen-bond donors (Lipinski definition) is 2. The Morgan fingerprint density at radius 3 is 2.93 bits per heavy atom. The standard InChI is InChI=1S/C8H4BrNO4/c9-5-1-4-7(14-5)6(11)3(2-10-4)8(12)13/h1-2H,(H,10,11)(H,12,13). The van der Waals surface area contributed by atoms with Crippen molar-refractivity contribution in [2.75, 3.05) is 0 Å². The van der Waals surface area contributed by atoms with E-state index >= 15 is 0 Å². The molecular formula is C8H4BrNO4. The molecule has 5 nitrogen and oxygen atoms in total. The summed E-state index contributed by atoms with van der Waals surface area (Å²) in [5.41, 5.74) is -0.486. The lowest BCUT2D eigenvalue weighted by Gasteiger charge is -1.92. The van der Waals surface area contributed by atoms with Crippen molar-refractivity contribution >= 4 is 33.0 Å². The molecule has 0 aliphatic rings. The summed E-state index contributed by atoms with van der Waals surface area (Å²) in [7, 11) is 0. The van der Waals surface area contributed by atoms with E-state index < -0.39 is 11.4 Å². The second-order valence-electron chi connectivity index (χ2n) is 2.63. The number of pyridine rings is 1. The van der Waals surface area contributed by atoms with E-state index in [4.69, 9.17) is 9.52 Å². The van der Waals surface area contributed by atoms with Gasteiger partial charge in [-0.1, -0.05) is 0 Å². The number of fused-ring (bicyclic) bond motifs is 1. The normalized spacial score (nSPS) is 10.6. The Morgan fingerprint density at radius 1 is 1.57 bits per heavy atom. The number of carboxylic acids is 1. The summed E-state index contributed by atoms with van der Waals surface area (Å²) in [5, 5.41) is 8.66. The van der Waals surface area contributed by atoms with Crippen LogP contribution in [0.15, 0.2) is 26.1 Å². The van der Waals surface area contributed by atoms with Crippen LogP contribution < -0.4 is 5.43 Å². The van der Waals surface area contributed by atoms with Gasteiger partial charge in [-0.2, -0.15) is 0 Å². The Kier molecular flexibility index (Phi) is 1.92. The van der Waals surface area contributed by atoms with Crippen molar-refractivity contribution in [3.63, 3.8) is 0 Å². The maximum Gasteiger partial charge on any atom is 0.341 e. The molecule has 72 valence electrons. The van der Waals surface area contributed by atoms with Crippen LogP contribution in [0.3, 0.4) is 0 Å². The molecule has 0 spiro atoms. The van der Waals surface area contributed by atoms with Gasteiger partial charge in [0.25, 0.3) is 0 Å². The fourth-order valence-corrected chi connectivity index (χ4v) is 1.52. The van der Waals surface area contributed by atoms with Gasteiger partial charge in [-0.3, -0.25) is 4.79 Å². The lowest BCUT2D eigenvalue weighted by atomic mass is 10.2. The Morgan fingerprint density at radius 2 is 2.29 bits per heavy atom. The number of H-pyrrole nitrogens is 1. The minimum Gasteiger partial charge on any atom is -0.477 e. The highest BCUT2D eigenvalue weighted by Crippen LogP contribution is 2.18. The Hall–Kier alpha value is -1.56. The molecule has 2 N–H and O–H groups in total. The maximum atomic E-state index is 11.5. The lowest BCUT2D eigenvalue weighted by molar-refractivity contribution is 0.0695. The first-order valence-corrected chi connectivity index (χ1v) is 4.43. The molecule has 0 saturated heterocycles. The van der Waals surface area contributed by atoms with E-state index in [9.17, 15) is 9.59 Å². The van der Waals surface area contributed by atoms with Gasteiger partial charge in [-0.05, 0) is 15.9 Å². The zero-order valence-electron chi connectivity index (χ0n) is 6.70. The summed E-state index contributed by atoms with van der Waals surface area (Å²) >= 11 is 3.05. The maximum absolute atomic E-state index is 11.5. The molecule has 0 amide bonds. The van der Waals surface area contributed by atoms with Crippen LogP contribution >= 0.6 is 15.9 Å². The molecule has 0 radical (unpaired) electrons. The van der Waals surface area contributed by atoms with Crippen molar-refractivity contribution in [2.45, 2.75) is 0 Å². The average molecular weight is 258 g/mol. The Bertz CT molecular complexity index is 568. The van der Waals surface area contributed by atoms with Crippen LogP contribution in [0.4, 0.5) is 0 Å². The van der Waals surface area contributed by atoms with Crippen molar-refractivity contribution in [3.8, 4) is 0 Å². The van der Waals surface area contributed by atoms with Crippen LogP contribution in [-0.2, 0) is 0 Å². The van der Waals surface area contributed by atoms with Crippen LogP contribution in [0.5, 0.6) is 0 Å². The number of aromatic nitrogens is 1. The third-order valence-corrected chi connectivity index (χ3v) is 2.15. The highest BCUT2D eigenvalue weighted by Gasteiger charge is 2.14. The number of aromatic carboxylic acids is 1.